The Hall–Kier alpha value is -2.30. The summed E-state index contributed by atoms with van der Waals surface area (Å²) in [7, 11) is 1.74. The van der Waals surface area contributed by atoms with Crippen LogP contribution in [0, 0.1) is 20.8 Å². The van der Waals surface area contributed by atoms with Gasteiger partial charge in [0.15, 0.2) is 0 Å². The molecule has 5 nitrogen and oxygen atoms in total. The number of hydrogen-bond acceptors (Lipinski definition) is 2. The van der Waals surface area contributed by atoms with Crippen molar-refractivity contribution in [2.75, 3.05) is 12.4 Å². The molecule has 106 valence electrons. The number of anilines is 1. The van der Waals surface area contributed by atoms with E-state index in [-0.39, 0.29) is 6.03 Å². The Morgan fingerprint density at radius 1 is 1.30 bits per heavy atom. The Morgan fingerprint density at radius 2 is 2.05 bits per heavy atom. The summed E-state index contributed by atoms with van der Waals surface area (Å²) >= 11 is 0. The van der Waals surface area contributed by atoms with Crippen LogP contribution in [0.1, 0.15) is 22.6 Å². The minimum atomic E-state index is -0.151. The van der Waals surface area contributed by atoms with E-state index in [1.807, 2.05) is 39.0 Å². The van der Waals surface area contributed by atoms with Gasteiger partial charge in [0.1, 0.15) is 5.82 Å². The Kier molecular flexibility index (Phi) is 4.08. The summed E-state index contributed by atoms with van der Waals surface area (Å²) in [6.07, 6.45) is 1.75. The van der Waals surface area contributed by atoms with Gasteiger partial charge in [0.2, 0.25) is 0 Å². The van der Waals surface area contributed by atoms with Crippen molar-refractivity contribution in [1.82, 2.24) is 14.9 Å². The van der Waals surface area contributed by atoms with Crippen molar-refractivity contribution in [2.45, 2.75) is 27.3 Å². The number of benzene rings is 1. The Morgan fingerprint density at radius 3 is 2.65 bits per heavy atom. The molecule has 0 radical (unpaired) electrons. The van der Waals surface area contributed by atoms with Gasteiger partial charge in [0, 0.05) is 24.6 Å². The smallest absolute Gasteiger partial charge is 0.321 e. The van der Waals surface area contributed by atoms with Gasteiger partial charge in [-0.1, -0.05) is 6.07 Å². The maximum atomic E-state index is 12.1. The highest BCUT2D eigenvalue weighted by molar-refractivity contribution is 5.89. The number of aryl methyl sites for hydroxylation is 3. The number of nitrogens with one attached hydrogen (secondary N) is 2. The monoisotopic (exact) mass is 272 g/mol. The predicted octanol–water partition coefficient (Wildman–Crippen LogP) is 3.00. The van der Waals surface area contributed by atoms with Gasteiger partial charge >= 0.3 is 6.03 Å². The number of aromatic nitrogens is 2. The predicted molar refractivity (Wildman–Crippen MR) is 79.7 cm³/mol. The first-order valence-corrected chi connectivity index (χ1v) is 6.55. The molecule has 0 atom stereocenters. The van der Waals surface area contributed by atoms with E-state index in [4.69, 9.17) is 0 Å². The van der Waals surface area contributed by atoms with Gasteiger partial charge in [-0.3, -0.25) is 0 Å². The molecule has 2 N–H and O–H groups in total. The summed E-state index contributed by atoms with van der Waals surface area (Å²) in [5.74, 6) is 0.778. The van der Waals surface area contributed by atoms with E-state index >= 15 is 0 Å². The normalized spacial score (nSPS) is 10.4. The quantitative estimate of drug-likeness (QED) is 0.902. The standard InChI is InChI=1S/C15H20N4O/c1-10-5-6-13(7-11(10)2)18-15(20)19(4)9-14-16-8-12(3)17-14/h5-8H,9H2,1-4H3,(H,16,17)(H,18,20). The highest BCUT2D eigenvalue weighted by Gasteiger charge is 2.11. The first-order chi connectivity index (χ1) is 9.45. The summed E-state index contributed by atoms with van der Waals surface area (Å²) in [6, 6.07) is 5.73. The lowest BCUT2D eigenvalue weighted by atomic mass is 10.1. The van der Waals surface area contributed by atoms with E-state index in [0.717, 1.165) is 22.8 Å². The molecule has 2 amide bonds. The van der Waals surface area contributed by atoms with Crippen molar-refractivity contribution >= 4 is 11.7 Å². The third kappa shape index (κ3) is 3.38. The molecule has 0 saturated heterocycles. The minimum Gasteiger partial charge on any atom is -0.345 e. The number of rotatable bonds is 3. The Labute approximate surface area is 119 Å². The zero-order valence-corrected chi connectivity index (χ0v) is 12.3. The van der Waals surface area contributed by atoms with Crippen LogP contribution in [0.15, 0.2) is 24.4 Å². The fraction of sp³-hybridized carbons (Fsp3) is 0.333. The number of hydrogen-bond donors (Lipinski definition) is 2. The summed E-state index contributed by atoms with van der Waals surface area (Å²) in [5, 5.41) is 2.88. The van der Waals surface area contributed by atoms with E-state index in [0.29, 0.717) is 6.54 Å². The van der Waals surface area contributed by atoms with Crippen molar-refractivity contribution in [2.24, 2.45) is 0 Å². The van der Waals surface area contributed by atoms with Gasteiger partial charge in [-0.15, -0.1) is 0 Å². The second kappa shape index (κ2) is 5.77. The Balaban J connectivity index is 1.98. The SMILES string of the molecule is Cc1cnc(CN(C)C(=O)Nc2ccc(C)c(C)c2)[nH]1. The van der Waals surface area contributed by atoms with Crippen molar-refractivity contribution in [3.05, 3.63) is 47.0 Å². The van der Waals surface area contributed by atoms with E-state index < -0.39 is 0 Å². The number of aromatic amines is 1. The first kappa shape index (κ1) is 14.1. The molecule has 1 aromatic carbocycles. The van der Waals surface area contributed by atoms with E-state index in [9.17, 15) is 4.79 Å². The number of amides is 2. The lowest BCUT2D eigenvalue weighted by Gasteiger charge is -2.17. The lowest BCUT2D eigenvalue weighted by molar-refractivity contribution is 0.219. The lowest BCUT2D eigenvalue weighted by Crippen LogP contribution is -2.31. The van der Waals surface area contributed by atoms with Gasteiger partial charge in [-0.25, -0.2) is 9.78 Å². The highest BCUT2D eigenvalue weighted by Crippen LogP contribution is 2.14. The van der Waals surface area contributed by atoms with Crippen molar-refractivity contribution in [3.63, 3.8) is 0 Å². The third-order valence-electron chi connectivity index (χ3n) is 3.25. The number of H-pyrrole nitrogens is 1. The van der Waals surface area contributed by atoms with Crippen LogP contribution in [0.25, 0.3) is 0 Å². The molecular formula is C15H20N4O. The molecule has 0 aliphatic heterocycles. The maximum absolute atomic E-state index is 12.1. The zero-order valence-electron chi connectivity index (χ0n) is 12.3. The van der Waals surface area contributed by atoms with Gasteiger partial charge < -0.3 is 15.2 Å². The second-order valence-corrected chi connectivity index (χ2v) is 5.10. The van der Waals surface area contributed by atoms with Crippen LogP contribution in [0.3, 0.4) is 0 Å². The van der Waals surface area contributed by atoms with Crippen molar-refractivity contribution in [3.8, 4) is 0 Å². The van der Waals surface area contributed by atoms with Gasteiger partial charge in [0.25, 0.3) is 0 Å². The molecule has 0 bridgehead atoms. The molecule has 0 spiro atoms. The summed E-state index contributed by atoms with van der Waals surface area (Å²) in [4.78, 5) is 21.0. The molecule has 0 saturated carbocycles. The molecule has 2 rings (SSSR count). The molecule has 0 aliphatic rings. The van der Waals surface area contributed by atoms with E-state index in [1.165, 1.54) is 5.56 Å². The average molecular weight is 272 g/mol. The fourth-order valence-electron chi connectivity index (χ4n) is 1.88. The highest BCUT2D eigenvalue weighted by atomic mass is 16.2. The molecule has 1 aromatic heterocycles. The third-order valence-corrected chi connectivity index (χ3v) is 3.25. The van der Waals surface area contributed by atoms with Crippen LogP contribution in [-0.2, 0) is 6.54 Å². The van der Waals surface area contributed by atoms with Gasteiger partial charge in [0.05, 0.1) is 6.54 Å². The topological polar surface area (TPSA) is 61.0 Å². The zero-order chi connectivity index (χ0) is 14.7. The Bertz CT molecular complexity index is 618. The minimum absolute atomic E-state index is 0.151. The fourth-order valence-corrected chi connectivity index (χ4v) is 1.88. The number of nitrogens with zero attached hydrogens (tertiary/aromatic N) is 2. The van der Waals surface area contributed by atoms with Crippen LogP contribution in [0.4, 0.5) is 10.5 Å². The van der Waals surface area contributed by atoms with Crippen molar-refractivity contribution in [1.29, 1.82) is 0 Å². The largest absolute Gasteiger partial charge is 0.345 e. The first-order valence-electron chi connectivity index (χ1n) is 6.55. The van der Waals surface area contributed by atoms with Crippen molar-refractivity contribution < 1.29 is 4.79 Å². The summed E-state index contributed by atoms with van der Waals surface area (Å²) in [6.45, 7) is 6.46. The van der Waals surface area contributed by atoms with Crippen LogP contribution in [-0.4, -0.2) is 27.9 Å². The van der Waals surface area contributed by atoms with Gasteiger partial charge in [-0.05, 0) is 44.0 Å². The van der Waals surface area contributed by atoms with Gasteiger partial charge in [-0.2, -0.15) is 0 Å². The van der Waals surface area contributed by atoms with Crippen LogP contribution in [0.2, 0.25) is 0 Å². The number of urea groups is 1. The molecular weight excluding hydrogens is 252 g/mol. The average Bonchev–Trinajstić information content (AvgIpc) is 2.79. The van der Waals surface area contributed by atoms with Crippen LogP contribution in [0.5, 0.6) is 0 Å². The number of carbonyl (C=O) groups is 1. The molecule has 2 aromatic rings. The molecule has 0 fully saturated rings. The summed E-state index contributed by atoms with van der Waals surface area (Å²) < 4.78 is 0. The molecule has 5 heteroatoms. The van der Waals surface area contributed by atoms with E-state index in [1.54, 1.807) is 18.1 Å². The summed E-state index contributed by atoms with van der Waals surface area (Å²) in [5.41, 5.74) is 4.16. The number of carbonyl (C=O) groups excluding carboxylic acids is 1. The molecule has 1 heterocycles. The maximum Gasteiger partial charge on any atom is 0.321 e. The number of imidazole rings is 1. The van der Waals surface area contributed by atoms with Crippen LogP contribution < -0.4 is 5.32 Å². The molecule has 0 unspecified atom stereocenters. The van der Waals surface area contributed by atoms with E-state index in [2.05, 4.69) is 15.3 Å². The van der Waals surface area contributed by atoms with Crippen LogP contribution >= 0.6 is 0 Å². The second-order valence-electron chi connectivity index (χ2n) is 5.10. The molecule has 0 aliphatic carbocycles. The molecule has 20 heavy (non-hydrogen) atoms.